The van der Waals surface area contributed by atoms with E-state index in [9.17, 15) is 14.4 Å². The maximum absolute atomic E-state index is 13.2. The van der Waals surface area contributed by atoms with Crippen LogP contribution in [0.4, 0.5) is 5.69 Å². The number of nitrogens with zero attached hydrogens (tertiary/aromatic N) is 1. The number of benzene rings is 2. The third-order valence-corrected chi connectivity index (χ3v) is 5.96. The van der Waals surface area contributed by atoms with Crippen molar-refractivity contribution >= 4 is 23.4 Å². The van der Waals surface area contributed by atoms with E-state index in [-0.39, 0.29) is 23.6 Å². The molecule has 7 nitrogen and oxygen atoms in total. The zero-order chi connectivity index (χ0) is 23.1. The summed E-state index contributed by atoms with van der Waals surface area (Å²) < 4.78 is 5.12. The minimum Gasteiger partial charge on any atom is -0.497 e. The summed E-state index contributed by atoms with van der Waals surface area (Å²) in [6.45, 7) is 5.44. The van der Waals surface area contributed by atoms with Crippen LogP contribution < -0.4 is 15.4 Å². The molecular formula is C25H31N3O4. The summed E-state index contributed by atoms with van der Waals surface area (Å²) >= 11 is 0. The molecule has 7 heteroatoms. The minimum absolute atomic E-state index is 0.00639. The molecule has 1 aliphatic rings. The molecule has 1 aliphatic heterocycles. The molecule has 2 aromatic carbocycles. The van der Waals surface area contributed by atoms with E-state index < -0.39 is 6.04 Å². The van der Waals surface area contributed by atoms with Gasteiger partial charge in [-0.05, 0) is 55.2 Å². The molecule has 2 aromatic rings. The Morgan fingerprint density at radius 1 is 1.00 bits per heavy atom. The second kappa shape index (κ2) is 10.8. The quantitative estimate of drug-likeness (QED) is 0.659. The smallest absolute Gasteiger partial charge is 0.255 e. The fraction of sp³-hybridized carbons (Fsp3) is 0.400. The van der Waals surface area contributed by atoms with Crippen molar-refractivity contribution in [2.75, 3.05) is 25.5 Å². The second-order valence-electron chi connectivity index (χ2n) is 8.10. The van der Waals surface area contributed by atoms with Gasteiger partial charge in [0, 0.05) is 18.7 Å². The van der Waals surface area contributed by atoms with Crippen LogP contribution in [-0.2, 0) is 4.79 Å². The molecule has 2 N–H and O–H groups in total. The largest absolute Gasteiger partial charge is 0.497 e. The average Bonchev–Trinajstić information content (AvgIpc) is 3.37. The number of likely N-dealkylation sites (tertiary alicyclic amines) is 1. The Bertz CT molecular complexity index is 952. The molecule has 1 fully saturated rings. The first-order chi connectivity index (χ1) is 15.4. The summed E-state index contributed by atoms with van der Waals surface area (Å²) in [7, 11) is 1.56. The van der Waals surface area contributed by atoms with E-state index in [1.165, 1.54) is 0 Å². The van der Waals surface area contributed by atoms with Gasteiger partial charge in [0.1, 0.15) is 11.8 Å². The number of carbonyl (C=O) groups excluding carboxylic acids is 3. The van der Waals surface area contributed by atoms with E-state index in [1.807, 2.05) is 18.7 Å². The van der Waals surface area contributed by atoms with Gasteiger partial charge in [-0.15, -0.1) is 0 Å². The van der Waals surface area contributed by atoms with Gasteiger partial charge in [0.2, 0.25) is 5.91 Å². The number of methoxy groups -OCH3 is 1. The molecule has 1 saturated heterocycles. The number of hydrogen-bond donors (Lipinski definition) is 2. The fourth-order valence-corrected chi connectivity index (χ4v) is 3.76. The number of hydrogen-bond acceptors (Lipinski definition) is 4. The molecule has 0 aliphatic carbocycles. The predicted octanol–water partition coefficient (Wildman–Crippen LogP) is 3.71. The highest BCUT2D eigenvalue weighted by Gasteiger charge is 2.32. The molecule has 0 bridgehead atoms. The summed E-state index contributed by atoms with van der Waals surface area (Å²) in [6.07, 6.45) is 2.75. The first-order valence-corrected chi connectivity index (χ1v) is 11.1. The van der Waals surface area contributed by atoms with Gasteiger partial charge in [-0.25, -0.2) is 0 Å². The van der Waals surface area contributed by atoms with Gasteiger partial charge in [-0.3, -0.25) is 14.4 Å². The number of rotatable bonds is 8. The zero-order valence-electron chi connectivity index (χ0n) is 18.9. The van der Waals surface area contributed by atoms with Crippen LogP contribution in [0.15, 0.2) is 48.5 Å². The molecule has 3 amide bonds. The van der Waals surface area contributed by atoms with Crippen LogP contribution in [0.25, 0.3) is 0 Å². The van der Waals surface area contributed by atoms with Crippen molar-refractivity contribution in [2.24, 2.45) is 5.92 Å². The van der Waals surface area contributed by atoms with Crippen molar-refractivity contribution in [1.82, 2.24) is 10.2 Å². The van der Waals surface area contributed by atoms with Gasteiger partial charge in [0.25, 0.3) is 11.8 Å². The van der Waals surface area contributed by atoms with E-state index in [0.717, 1.165) is 32.4 Å². The summed E-state index contributed by atoms with van der Waals surface area (Å²) in [6, 6.07) is 12.9. The Labute approximate surface area is 189 Å². The molecule has 0 spiro atoms. The minimum atomic E-state index is -0.601. The van der Waals surface area contributed by atoms with E-state index >= 15 is 0 Å². The van der Waals surface area contributed by atoms with Crippen molar-refractivity contribution in [1.29, 1.82) is 0 Å². The van der Waals surface area contributed by atoms with Crippen molar-refractivity contribution in [3.8, 4) is 5.75 Å². The standard InChI is InChI=1S/C25H31N3O4/c1-4-17(2)22(25(31)28-15-7-8-16-28)27-24(30)20-9-5-6-10-21(20)26-23(29)18-11-13-19(32-3)14-12-18/h5-6,9-14,17,22H,4,7-8,15-16H2,1-3H3,(H,26,29)(H,27,30)/t17-,22+/m1/s1. The van der Waals surface area contributed by atoms with Crippen LogP contribution in [0.1, 0.15) is 53.8 Å². The van der Waals surface area contributed by atoms with Crippen molar-refractivity contribution < 1.29 is 19.1 Å². The van der Waals surface area contributed by atoms with E-state index in [4.69, 9.17) is 4.74 Å². The lowest BCUT2D eigenvalue weighted by Gasteiger charge is -2.28. The lowest BCUT2D eigenvalue weighted by molar-refractivity contribution is -0.133. The van der Waals surface area contributed by atoms with E-state index in [1.54, 1.807) is 55.6 Å². The van der Waals surface area contributed by atoms with Gasteiger partial charge in [-0.1, -0.05) is 32.4 Å². The second-order valence-corrected chi connectivity index (χ2v) is 8.10. The number of anilines is 1. The SMILES string of the molecule is CC[C@@H](C)[C@H](NC(=O)c1ccccc1NC(=O)c1ccc(OC)cc1)C(=O)N1CCCC1. The van der Waals surface area contributed by atoms with Crippen molar-refractivity contribution in [3.05, 3.63) is 59.7 Å². The number of para-hydroxylation sites is 1. The van der Waals surface area contributed by atoms with Crippen LogP contribution >= 0.6 is 0 Å². The van der Waals surface area contributed by atoms with Crippen molar-refractivity contribution in [2.45, 2.75) is 39.2 Å². The van der Waals surface area contributed by atoms with E-state index in [0.29, 0.717) is 22.6 Å². The lowest BCUT2D eigenvalue weighted by atomic mass is 9.97. The molecule has 1 heterocycles. The topological polar surface area (TPSA) is 87.7 Å². The third kappa shape index (κ3) is 5.46. The Kier molecular flexibility index (Phi) is 7.87. The molecular weight excluding hydrogens is 406 g/mol. The van der Waals surface area contributed by atoms with Crippen LogP contribution in [-0.4, -0.2) is 48.9 Å². The van der Waals surface area contributed by atoms with Crippen LogP contribution in [0.5, 0.6) is 5.75 Å². The van der Waals surface area contributed by atoms with Gasteiger partial charge >= 0.3 is 0 Å². The monoisotopic (exact) mass is 437 g/mol. The normalized spacial score (nSPS) is 15.0. The Hall–Kier alpha value is -3.35. The molecule has 0 unspecified atom stereocenters. The fourth-order valence-electron chi connectivity index (χ4n) is 3.76. The van der Waals surface area contributed by atoms with Gasteiger partial charge in [0.05, 0.1) is 18.4 Å². The first kappa shape index (κ1) is 23.3. The van der Waals surface area contributed by atoms with Gasteiger partial charge in [0.15, 0.2) is 0 Å². The summed E-state index contributed by atoms with van der Waals surface area (Å²) in [4.78, 5) is 40.7. The molecule has 0 aromatic heterocycles. The first-order valence-electron chi connectivity index (χ1n) is 11.1. The summed E-state index contributed by atoms with van der Waals surface area (Å²) in [5, 5.41) is 5.74. The third-order valence-electron chi connectivity index (χ3n) is 5.96. The zero-order valence-corrected chi connectivity index (χ0v) is 18.9. The summed E-state index contributed by atoms with van der Waals surface area (Å²) in [5.41, 5.74) is 1.15. The number of carbonyl (C=O) groups is 3. The predicted molar refractivity (Wildman–Crippen MR) is 124 cm³/mol. The maximum atomic E-state index is 13.2. The molecule has 32 heavy (non-hydrogen) atoms. The van der Waals surface area contributed by atoms with Gasteiger partial charge in [-0.2, -0.15) is 0 Å². The van der Waals surface area contributed by atoms with E-state index in [2.05, 4.69) is 10.6 Å². The average molecular weight is 438 g/mol. The number of nitrogens with one attached hydrogen (secondary N) is 2. The lowest BCUT2D eigenvalue weighted by Crippen LogP contribution is -2.51. The Morgan fingerprint density at radius 3 is 2.28 bits per heavy atom. The highest BCUT2D eigenvalue weighted by atomic mass is 16.5. The molecule has 2 atom stereocenters. The summed E-state index contributed by atoms with van der Waals surface area (Å²) in [5.74, 6) is -0.105. The highest BCUT2D eigenvalue weighted by Crippen LogP contribution is 2.20. The van der Waals surface area contributed by atoms with Crippen LogP contribution in [0, 0.1) is 5.92 Å². The van der Waals surface area contributed by atoms with Gasteiger partial charge < -0.3 is 20.3 Å². The number of amides is 3. The van der Waals surface area contributed by atoms with Crippen LogP contribution in [0.3, 0.4) is 0 Å². The molecule has 170 valence electrons. The molecule has 0 saturated carbocycles. The van der Waals surface area contributed by atoms with Crippen LogP contribution in [0.2, 0.25) is 0 Å². The Morgan fingerprint density at radius 2 is 1.66 bits per heavy atom. The number of ether oxygens (including phenoxy) is 1. The highest BCUT2D eigenvalue weighted by molar-refractivity contribution is 6.09. The van der Waals surface area contributed by atoms with Crippen molar-refractivity contribution in [3.63, 3.8) is 0 Å². The maximum Gasteiger partial charge on any atom is 0.255 e. The molecule has 0 radical (unpaired) electrons. The Balaban J connectivity index is 1.77. The molecule has 3 rings (SSSR count).